The Kier molecular flexibility index (Phi) is 22.0. The van der Waals surface area contributed by atoms with Gasteiger partial charge in [-0.15, -0.1) is 72.7 Å². The Hall–Kier alpha value is -2.72. The van der Waals surface area contributed by atoms with Gasteiger partial charge in [0.25, 0.3) is 0 Å². The van der Waals surface area contributed by atoms with Crippen LogP contribution < -0.4 is 0 Å². The van der Waals surface area contributed by atoms with Crippen LogP contribution in [0.15, 0.2) is 46.6 Å². The van der Waals surface area contributed by atoms with Gasteiger partial charge in [0.2, 0.25) is 0 Å². The molecule has 532 valence electrons. The lowest BCUT2D eigenvalue weighted by Gasteiger charge is -2.55. The molecule has 4 nitrogen and oxygen atoms in total. The van der Waals surface area contributed by atoms with E-state index in [0.717, 1.165) is 154 Å². The Morgan fingerprint density at radius 3 is 0.908 bits per heavy atom. The SMILES string of the molecule is C#C[C@@]1(SC)CCC2C3CCC4=CC(=O)CCC4C3CC[C@@]21C.C#C[C@@]1(SCC)CCC2C3CCC4=CC(=O)CCC4C3CC[C@@]21C.C#C[C@@]1(SCCC)CCC2C3CCC4=CC(=O)CCC4C3CC[C@@]21C.C#C[C@@]1(SCCCC)CCC2C3CCC4=CC(=O)CCC4C3CC[C@@]21C. The number of carbonyl (C=O) groups excluding carboxylic acids is 4. The van der Waals surface area contributed by atoms with Crippen LogP contribution in [0.2, 0.25) is 0 Å². The lowest BCUT2D eigenvalue weighted by molar-refractivity contribution is -0.116. The van der Waals surface area contributed by atoms with Crippen molar-refractivity contribution in [1.82, 2.24) is 0 Å². The highest BCUT2D eigenvalue weighted by Crippen LogP contribution is 2.73. The van der Waals surface area contributed by atoms with Crippen LogP contribution in [0.25, 0.3) is 0 Å². The number of thioether (sulfide) groups is 4. The summed E-state index contributed by atoms with van der Waals surface area (Å²) in [4.78, 5) is 47.3. The normalized spacial score (nSPS) is 46.5. The van der Waals surface area contributed by atoms with Crippen molar-refractivity contribution in [1.29, 1.82) is 0 Å². The second kappa shape index (κ2) is 29.3. The molecular weight excluding hydrogens is 1270 g/mol. The number of ketones is 4. The van der Waals surface area contributed by atoms with Gasteiger partial charge >= 0.3 is 0 Å². The van der Waals surface area contributed by atoms with Gasteiger partial charge in [-0.2, -0.15) is 0 Å². The molecule has 0 aromatic rings. The van der Waals surface area contributed by atoms with Gasteiger partial charge in [-0.25, -0.2) is 0 Å². The summed E-state index contributed by atoms with van der Waals surface area (Å²) in [6, 6.07) is 0. The number of fused-ring (bicyclic) bond motifs is 20. The third-order valence-corrected chi connectivity index (χ3v) is 39.5. The van der Waals surface area contributed by atoms with E-state index < -0.39 is 0 Å². The average Bonchev–Trinajstić information content (AvgIpc) is 1.71. The third-order valence-electron chi connectivity index (χ3n) is 32.7. The molecule has 12 saturated carbocycles. The van der Waals surface area contributed by atoms with Crippen LogP contribution in [0.4, 0.5) is 0 Å². The second-order valence-electron chi connectivity index (χ2n) is 35.8. The maximum atomic E-state index is 11.9. The summed E-state index contributed by atoms with van der Waals surface area (Å²) in [7, 11) is 0. The molecule has 16 rings (SSSR count). The maximum absolute atomic E-state index is 11.9. The van der Waals surface area contributed by atoms with Crippen LogP contribution in [0.5, 0.6) is 0 Å². The molecule has 98 heavy (non-hydrogen) atoms. The van der Waals surface area contributed by atoms with Gasteiger partial charge in [0.15, 0.2) is 23.1 Å². The highest BCUT2D eigenvalue weighted by Gasteiger charge is 2.67. The molecule has 0 aromatic heterocycles. The third kappa shape index (κ3) is 12.2. The van der Waals surface area contributed by atoms with Crippen molar-refractivity contribution < 1.29 is 19.2 Å². The van der Waals surface area contributed by atoms with E-state index in [2.05, 4.69) is 102 Å². The van der Waals surface area contributed by atoms with Gasteiger partial charge in [0, 0.05) is 25.7 Å². The zero-order valence-corrected chi connectivity index (χ0v) is 65.3. The standard InChI is InChI=1S/C24H34OS.C23H32OS.C22H30OS.C21H28OS/c1-4-6-15-26-24(5-2)14-12-22-21-9-7-17-16-18(25)8-10-19(17)20(21)11-13-23(22,24)3;1-4-14-25-23(5-2)13-11-21-20-8-6-16-15-17(24)7-9-18(16)19(20)10-12-22(21,23)3;1-4-22(24-5-2)13-11-20-19-8-6-15-14-16(23)7-9-17(15)18(19)10-12-21(20,22)3;1-4-21(23-3)12-10-19-18-7-5-14-13-15(22)6-8-16(14)17(18)9-11-20(19,21)2/h2,16,19-22H,4,6-15H2,1,3H3;2,15,18-21H,4,6-14H2,1,3H3;1,14,17-20H,5-13H2,2-3H3;1,13,16-19H,5-12H2,2-3H3/t19?,20?,21?,22?,23-,24+;18?,19?,20?,21?,22-,23+;17?,18?,19?,20?,21-,22+;16?,17?,18?,19?,20-,21+/m0000/s1. The first-order valence-corrected chi connectivity index (χ1v) is 44.7. The van der Waals surface area contributed by atoms with Crippen LogP contribution in [0.3, 0.4) is 0 Å². The molecule has 0 aliphatic heterocycles. The van der Waals surface area contributed by atoms with Crippen molar-refractivity contribution in [2.45, 2.75) is 292 Å². The Balaban J connectivity index is 0.000000118. The van der Waals surface area contributed by atoms with Gasteiger partial charge in [0.1, 0.15) is 0 Å². The first-order chi connectivity index (χ1) is 47.2. The molecule has 12 fully saturated rings. The summed E-state index contributed by atoms with van der Waals surface area (Å²) in [6.07, 6.45) is 76.5. The minimum absolute atomic E-state index is 0.0568. The minimum Gasteiger partial charge on any atom is -0.295 e. The Bertz CT molecular complexity index is 3360. The predicted octanol–water partition coefficient (Wildman–Crippen LogP) is 21.8. The number of allylic oxidation sites excluding steroid dienone is 4. The van der Waals surface area contributed by atoms with E-state index in [9.17, 15) is 19.2 Å². The van der Waals surface area contributed by atoms with Crippen molar-refractivity contribution in [3.63, 3.8) is 0 Å². The van der Waals surface area contributed by atoms with Crippen LogP contribution in [-0.2, 0) is 19.2 Å². The van der Waals surface area contributed by atoms with E-state index >= 15 is 0 Å². The number of unbranched alkanes of at least 4 members (excludes halogenated alkanes) is 1. The first-order valence-electron chi connectivity index (χ1n) is 40.5. The van der Waals surface area contributed by atoms with Gasteiger partial charge in [-0.1, -0.05) is 101 Å². The highest BCUT2D eigenvalue weighted by atomic mass is 32.2. The van der Waals surface area contributed by atoms with Crippen LogP contribution >= 0.6 is 47.0 Å². The van der Waals surface area contributed by atoms with E-state index in [1.807, 2.05) is 47.8 Å². The summed E-state index contributed by atoms with van der Waals surface area (Å²) in [5, 5.41) is 0. The summed E-state index contributed by atoms with van der Waals surface area (Å²) >= 11 is 8.17. The quantitative estimate of drug-likeness (QED) is 0.158. The fourth-order valence-corrected chi connectivity index (χ4v) is 33.6. The zero-order valence-electron chi connectivity index (χ0n) is 62.0. The smallest absolute Gasteiger partial charge is 0.155 e. The molecule has 0 amide bonds. The molecule has 0 N–H and O–H groups in total. The molecule has 0 heterocycles. The molecule has 16 aliphatic carbocycles. The van der Waals surface area contributed by atoms with E-state index in [0.29, 0.717) is 68.5 Å². The van der Waals surface area contributed by atoms with Crippen molar-refractivity contribution >= 4 is 70.2 Å². The Morgan fingerprint density at radius 1 is 0.347 bits per heavy atom. The fourth-order valence-electron chi connectivity index (χ4n) is 27.8. The molecule has 16 aliphatic rings. The summed E-state index contributed by atoms with van der Waals surface area (Å²) in [6.45, 7) is 16.9. The second-order valence-corrected chi connectivity index (χ2v) is 41.2. The van der Waals surface area contributed by atoms with Crippen molar-refractivity contribution in [2.75, 3.05) is 23.5 Å². The molecule has 16 unspecified atom stereocenters. The van der Waals surface area contributed by atoms with Crippen LogP contribution in [0.1, 0.15) is 273 Å². The lowest BCUT2D eigenvalue weighted by Crippen LogP contribution is -2.51. The first kappa shape index (κ1) is 73.6. The van der Waals surface area contributed by atoms with E-state index in [4.69, 9.17) is 25.7 Å². The number of hydrogen-bond acceptors (Lipinski definition) is 8. The molecule has 0 spiro atoms. The Morgan fingerprint density at radius 2 is 0.633 bits per heavy atom. The van der Waals surface area contributed by atoms with Gasteiger partial charge in [0.05, 0.1) is 19.0 Å². The summed E-state index contributed by atoms with van der Waals surface area (Å²) in [5.41, 5.74) is 7.20. The fraction of sp³-hybridized carbons (Fsp3) is 0.778. The van der Waals surface area contributed by atoms with Crippen molar-refractivity contribution in [3.05, 3.63) is 46.6 Å². The highest BCUT2D eigenvalue weighted by molar-refractivity contribution is 8.01. The molecule has 0 aromatic carbocycles. The van der Waals surface area contributed by atoms with Crippen LogP contribution in [-0.4, -0.2) is 65.6 Å². The molecule has 0 saturated heterocycles. The maximum Gasteiger partial charge on any atom is 0.155 e. The van der Waals surface area contributed by atoms with Crippen molar-refractivity contribution in [3.8, 4) is 49.4 Å². The summed E-state index contributed by atoms with van der Waals surface area (Å²) < 4.78 is 0.255. The number of hydrogen-bond donors (Lipinski definition) is 0. The van der Waals surface area contributed by atoms with Crippen LogP contribution in [0, 0.1) is 166 Å². The van der Waals surface area contributed by atoms with Gasteiger partial charge < -0.3 is 0 Å². The number of carbonyl (C=O) groups is 4. The van der Waals surface area contributed by atoms with Gasteiger partial charge in [-0.3, -0.25) is 19.2 Å². The number of rotatable bonds is 10. The van der Waals surface area contributed by atoms with E-state index in [1.165, 1.54) is 181 Å². The van der Waals surface area contributed by atoms with Crippen molar-refractivity contribution in [2.24, 2.45) is 116 Å². The van der Waals surface area contributed by atoms with Gasteiger partial charge in [-0.05, 0) is 357 Å². The van der Waals surface area contributed by atoms with E-state index in [-0.39, 0.29) is 19.0 Å². The number of terminal acetylenes is 4. The lowest BCUT2D eigenvalue weighted by atomic mass is 9.51. The Labute approximate surface area is 613 Å². The molecule has 24 atom stereocenters. The molecule has 0 radical (unpaired) electrons. The predicted molar refractivity (Wildman–Crippen MR) is 416 cm³/mol. The monoisotopic (exact) mass is 1400 g/mol. The summed E-state index contributed by atoms with van der Waals surface area (Å²) in [5.74, 6) is 30.8. The minimum atomic E-state index is 0.0568. The molecule has 8 heteroatoms. The molecular formula is C90H124O4S4. The molecule has 0 bridgehead atoms. The zero-order chi connectivity index (χ0) is 69.2. The topological polar surface area (TPSA) is 68.3 Å². The largest absolute Gasteiger partial charge is 0.295 e. The average molecular weight is 1400 g/mol. The van der Waals surface area contributed by atoms with E-state index in [1.54, 1.807) is 0 Å².